The highest BCUT2D eigenvalue weighted by Gasteiger charge is 2.19. The van der Waals surface area contributed by atoms with E-state index in [1.807, 2.05) is 31.2 Å². The first-order valence-electron chi connectivity index (χ1n) is 9.31. The van der Waals surface area contributed by atoms with Gasteiger partial charge in [0.15, 0.2) is 0 Å². The first-order chi connectivity index (χ1) is 12.7. The van der Waals surface area contributed by atoms with Gasteiger partial charge in [-0.15, -0.1) is 0 Å². The van der Waals surface area contributed by atoms with Gasteiger partial charge in [0.05, 0.1) is 0 Å². The highest BCUT2D eigenvalue weighted by atomic mass is 16.1. The molecule has 0 aliphatic carbocycles. The zero-order valence-electron chi connectivity index (χ0n) is 15.6. The molecule has 2 aromatic rings. The van der Waals surface area contributed by atoms with Crippen molar-refractivity contribution in [3.05, 3.63) is 53.5 Å². The number of amides is 1. The number of likely N-dealkylation sites (N-methyl/N-ethyl adjacent to an activating group) is 1. The minimum absolute atomic E-state index is 0.139. The summed E-state index contributed by atoms with van der Waals surface area (Å²) in [7, 11) is 0. The van der Waals surface area contributed by atoms with Crippen LogP contribution in [-0.2, 0) is 6.42 Å². The maximum atomic E-state index is 12.5. The van der Waals surface area contributed by atoms with Crippen molar-refractivity contribution in [2.24, 2.45) is 0 Å². The van der Waals surface area contributed by atoms with E-state index in [-0.39, 0.29) is 5.91 Å². The number of aryl methyl sites for hydroxylation is 1. The van der Waals surface area contributed by atoms with Crippen LogP contribution in [0.15, 0.2) is 36.4 Å². The number of hydrogen-bond donors (Lipinski definition) is 1. The summed E-state index contributed by atoms with van der Waals surface area (Å²) in [5.41, 5.74) is 1.65. The topological polar surface area (TPSA) is 61.4 Å². The third kappa shape index (κ3) is 4.79. The third-order valence-electron chi connectivity index (χ3n) is 4.74. The number of nitrogens with zero attached hydrogens (tertiary/aromatic N) is 4. The lowest BCUT2D eigenvalue weighted by atomic mass is 10.1. The van der Waals surface area contributed by atoms with E-state index in [2.05, 4.69) is 44.1 Å². The van der Waals surface area contributed by atoms with Gasteiger partial charge in [0, 0.05) is 38.8 Å². The summed E-state index contributed by atoms with van der Waals surface area (Å²) in [5, 5.41) is 2.97. The Labute approximate surface area is 155 Å². The van der Waals surface area contributed by atoms with Gasteiger partial charge in [-0.1, -0.05) is 37.3 Å². The Morgan fingerprint density at radius 2 is 1.85 bits per heavy atom. The number of rotatable bonds is 6. The van der Waals surface area contributed by atoms with Gasteiger partial charge in [-0.2, -0.15) is 0 Å². The molecule has 1 aliphatic rings. The van der Waals surface area contributed by atoms with Crippen LogP contribution in [0.25, 0.3) is 0 Å². The lowest BCUT2D eigenvalue weighted by molar-refractivity contribution is 0.0948. The van der Waals surface area contributed by atoms with E-state index in [9.17, 15) is 4.79 Å². The third-order valence-corrected chi connectivity index (χ3v) is 4.74. The molecule has 26 heavy (non-hydrogen) atoms. The number of aromatic nitrogens is 2. The quantitative estimate of drug-likeness (QED) is 0.859. The summed E-state index contributed by atoms with van der Waals surface area (Å²) in [4.78, 5) is 26.0. The fraction of sp³-hybridized carbons (Fsp3) is 0.450. The van der Waals surface area contributed by atoms with Gasteiger partial charge >= 0.3 is 0 Å². The number of anilines is 1. The standard InChI is InChI=1S/C20H27N5O/c1-3-24-11-13-25(14-12-24)19-15-18(22-16(2)23-19)20(26)21-10-9-17-7-5-4-6-8-17/h4-8,15H,3,9-14H2,1-2H3,(H,21,26). The molecule has 1 aromatic carbocycles. The first kappa shape index (κ1) is 18.3. The molecule has 6 nitrogen and oxygen atoms in total. The molecule has 0 saturated carbocycles. The fourth-order valence-electron chi connectivity index (χ4n) is 3.18. The van der Waals surface area contributed by atoms with Crippen molar-refractivity contribution in [2.45, 2.75) is 20.3 Å². The second-order valence-corrected chi connectivity index (χ2v) is 6.57. The number of benzene rings is 1. The first-order valence-corrected chi connectivity index (χ1v) is 9.31. The summed E-state index contributed by atoms with van der Waals surface area (Å²) in [6.45, 7) is 9.60. The number of carbonyl (C=O) groups excluding carboxylic acids is 1. The number of nitrogens with one attached hydrogen (secondary N) is 1. The van der Waals surface area contributed by atoms with Gasteiger partial charge in [0.1, 0.15) is 17.3 Å². The van der Waals surface area contributed by atoms with Gasteiger partial charge in [-0.3, -0.25) is 4.79 Å². The van der Waals surface area contributed by atoms with Gasteiger partial charge in [-0.25, -0.2) is 9.97 Å². The van der Waals surface area contributed by atoms with Crippen LogP contribution in [0, 0.1) is 6.92 Å². The molecule has 2 heterocycles. The van der Waals surface area contributed by atoms with Crippen LogP contribution in [0.4, 0.5) is 5.82 Å². The number of carbonyl (C=O) groups is 1. The molecule has 0 spiro atoms. The average molecular weight is 353 g/mol. The van der Waals surface area contributed by atoms with Crippen molar-refractivity contribution in [2.75, 3.05) is 44.2 Å². The zero-order valence-corrected chi connectivity index (χ0v) is 15.6. The van der Waals surface area contributed by atoms with E-state index in [1.165, 1.54) is 5.56 Å². The average Bonchev–Trinajstić information content (AvgIpc) is 2.68. The molecular weight excluding hydrogens is 326 g/mol. The van der Waals surface area contributed by atoms with Gasteiger partial charge < -0.3 is 15.1 Å². The van der Waals surface area contributed by atoms with Crippen LogP contribution >= 0.6 is 0 Å². The van der Waals surface area contributed by atoms with Gasteiger partial charge in [0.25, 0.3) is 5.91 Å². The molecule has 0 radical (unpaired) electrons. The largest absolute Gasteiger partial charge is 0.354 e. The lowest BCUT2D eigenvalue weighted by Crippen LogP contribution is -2.46. The minimum atomic E-state index is -0.139. The van der Waals surface area contributed by atoms with E-state index < -0.39 is 0 Å². The molecule has 6 heteroatoms. The van der Waals surface area contributed by atoms with E-state index in [4.69, 9.17) is 0 Å². The number of piperazine rings is 1. The maximum Gasteiger partial charge on any atom is 0.270 e. The molecule has 1 fully saturated rings. The van der Waals surface area contributed by atoms with Gasteiger partial charge in [-0.05, 0) is 25.5 Å². The molecular formula is C20H27N5O. The summed E-state index contributed by atoms with van der Waals surface area (Å²) < 4.78 is 0. The Bertz CT molecular complexity index is 726. The molecule has 0 bridgehead atoms. The molecule has 0 unspecified atom stereocenters. The highest BCUT2D eigenvalue weighted by molar-refractivity contribution is 5.92. The SMILES string of the molecule is CCN1CCN(c2cc(C(=O)NCCc3ccccc3)nc(C)n2)CC1. The maximum absolute atomic E-state index is 12.5. The van der Waals surface area contributed by atoms with Crippen molar-refractivity contribution < 1.29 is 4.79 Å². The van der Waals surface area contributed by atoms with Crippen molar-refractivity contribution in [3.63, 3.8) is 0 Å². The van der Waals surface area contributed by atoms with Crippen molar-refractivity contribution in [3.8, 4) is 0 Å². The minimum Gasteiger partial charge on any atom is -0.354 e. The summed E-state index contributed by atoms with van der Waals surface area (Å²) in [5.74, 6) is 1.34. The van der Waals surface area contributed by atoms with Crippen molar-refractivity contribution in [1.29, 1.82) is 0 Å². The van der Waals surface area contributed by atoms with Crippen LogP contribution in [0.2, 0.25) is 0 Å². The zero-order chi connectivity index (χ0) is 18.4. The fourth-order valence-corrected chi connectivity index (χ4v) is 3.18. The van der Waals surface area contributed by atoms with Crippen molar-refractivity contribution in [1.82, 2.24) is 20.2 Å². The van der Waals surface area contributed by atoms with E-state index in [0.29, 0.717) is 18.1 Å². The van der Waals surface area contributed by atoms with Crippen LogP contribution in [-0.4, -0.2) is 60.0 Å². The predicted octanol–water partition coefficient (Wildman–Crippen LogP) is 1.90. The lowest BCUT2D eigenvalue weighted by Gasteiger charge is -2.34. The molecule has 1 saturated heterocycles. The van der Waals surface area contributed by atoms with Crippen LogP contribution in [0.5, 0.6) is 0 Å². The Morgan fingerprint density at radius 3 is 2.54 bits per heavy atom. The van der Waals surface area contributed by atoms with Crippen LogP contribution in [0.1, 0.15) is 28.8 Å². The molecule has 1 aromatic heterocycles. The van der Waals surface area contributed by atoms with E-state index in [0.717, 1.165) is 45.0 Å². The van der Waals surface area contributed by atoms with Crippen molar-refractivity contribution >= 4 is 11.7 Å². The normalized spacial score (nSPS) is 15.1. The second kappa shape index (κ2) is 8.76. The smallest absolute Gasteiger partial charge is 0.270 e. The highest BCUT2D eigenvalue weighted by Crippen LogP contribution is 2.15. The van der Waals surface area contributed by atoms with Crippen LogP contribution in [0.3, 0.4) is 0 Å². The second-order valence-electron chi connectivity index (χ2n) is 6.57. The summed E-state index contributed by atoms with van der Waals surface area (Å²) in [6, 6.07) is 12.0. The molecule has 1 amide bonds. The Hall–Kier alpha value is -2.47. The van der Waals surface area contributed by atoms with Gasteiger partial charge in [0.2, 0.25) is 0 Å². The predicted molar refractivity (Wildman–Crippen MR) is 104 cm³/mol. The molecule has 1 aliphatic heterocycles. The molecule has 3 rings (SSSR count). The molecule has 0 atom stereocenters. The molecule has 1 N–H and O–H groups in total. The monoisotopic (exact) mass is 353 g/mol. The van der Waals surface area contributed by atoms with E-state index in [1.54, 1.807) is 0 Å². The Balaban J connectivity index is 1.60. The van der Waals surface area contributed by atoms with E-state index >= 15 is 0 Å². The van der Waals surface area contributed by atoms with Crippen LogP contribution < -0.4 is 10.2 Å². The summed E-state index contributed by atoms with van der Waals surface area (Å²) >= 11 is 0. The summed E-state index contributed by atoms with van der Waals surface area (Å²) in [6.07, 6.45) is 0.808. The Kier molecular flexibility index (Phi) is 6.17. The Morgan fingerprint density at radius 1 is 1.12 bits per heavy atom. The molecule has 138 valence electrons. The number of hydrogen-bond acceptors (Lipinski definition) is 5.